The molecule has 19 heavy (non-hydrogen) atoms. The molecule has 3 nitrogen and oxygen atoms in total. The smallest absolute Gasteiger partial charge is 0.241 e. The molecule has 0 saturated carbocycles. The number of thioether (sulfide) groups is 1. The fraction of sp³-hybridized carbons (Fsp3) is 0.533. The fourth-order valence-corrected chi connectivity index (χ4v) is 2.24. The van der Waals surface area contributed by atoms with Crippen molar-refractivity contribution < 1.29 is 4.79 Å². The molecule has 0 bridgehead atoms. The van der Waals surface area contributed by atoms with Gasteiger partial charge in [-0.15, -0.1) is 0 Å². The maximum Gasteiger partial charge on any atom is 0.241 e. The van der Waals surface area contributed by atoms with E-state index in [2.05, 4.69) is 24.4 Å². The molecule has 0 heterocycles. The molecule has 0 radical (unpaired) electrons. The zero-order chi connectivity index (χ0) is 14.1. The van der Waals surface area contributed by atoms with Crippen molar-refractivity contribution in [1.29, 1.82) is 0 Å². The zero-order valence-corrected chi connectivity index (χ0v) is 12.6. The summed E-state index contributed by atoms with van der Waals surface area (Å²) in [5, 5.41) is 2.86. The molecule has 0 aliphatic heterocycles. The highest BCUT2D eigenvalue weighted by molar-refractivity contribution is 7.98. The minimum absolute atomic E-state index is 0.102. The number of benzene rings is 1. The lowest BCUT2D eigenvalue weighted by Crippen LogP contribution is -2.36. The molecule has 1 amide bonds. The van der Waals surface area contributed by atoms with Crippen molar-refractivity contribution in [3.63, 3.8) is 0 Å². The summed E-state index contributed by atoms with van der Waals surface area (Å²) in [7, 11) is 0. The molecule has 106 valence electrons. The second-order valence-electron chi connectivity index (χ2n) is 4.68. The number of amides is 1. The molecule has 3 N–H and O–H groups in total. The van der Waals surface area contributed by atoms with Gasteiger partial charge in [0.25, 0.3) is 0 Å². The molecule has 0 fully saturated rings. The summed E-state index contributed by atoms with van der Waals surface area (Å²) in [6.45, 7) is 2.19. The highest BCUT2D eigenvalue weighted by Gasteiger charge is 2.12. The number of unbranched alkanes of at least 4 members (excludes halogenated alkanes) is 1. The van der Waals surface area contributed by atoms with E-state index in [0.29, 0.717) is 6.42 Å². The van der Waals surface area contributed by atoms with Gasteiger partial charge in [0, 0.05) is 5.69 Å². The molecule has 1 rings (SSSR count). The Balaban J connectivity index is 2.45. The van der Waals surface area contributed by atoms with E-state index in [9.17, 15) is 4.79 Å². The van der Waals surface area contributed by atoms with Crippen LogP contribution in [0.1, 0.15) is 31.7 Å². The van der Waals surface area contributed by atoms with Crippen molar-refractivity contribution in [2.75, 3.05) is 17.3 Å². The largest absolute Gasteiger partial charge is 0.325 e. The molecule has 0 unspecified atom stereocenters. The lowest BCUT2D eigenvalue weighted by molar-refractivity contribution is -0.117. The van der Waals surface area contributed by atoms with Crippen molar-refractivity contribution >= 4 is 23.4 Å². The van der Waals surface area contributed by atoms with Crippen LogP contribution in [0.25, 0.3) is 0 Å². The van der Waals surface area contributed by atoms with Crippen LogP contribution in [0.5, 0.6) is 0 Å². The Morgan fingerprint density at radius 2 is 2.05 bits per heavy atom. The topological polar surface area (TPSA) is 55.1 Å². The van der Waals surface area contributed by atoms with Gasteiger partial charge in [-0.1, -0.05) is 25.5 Å². The Bertz CT molecular complexity index is 378. The Kier molecular flexibility index (Phi) is 7.60. The predicted octanol–water partition coefficient (Wildman–Crippen LogP) is 3.05. The Morgan fingerprint density at radius 1 is 1.37 bits per heavy atom. The first-order chi connectivity index (χ1) is 9.17. The van der Waals surface area contributed by atoms with Gasteiger partial charge in [0.15, 0.2) is 0 Å². The molecule has 0 aromatic heterocycles. The summed E-state index contributed by atoms with van der Waals surface area (Å²) in [5.74, 6) is 0.806. The number of anilines is 1. The van der Waals surface area contributed by atoms with E-state index in [4.69, 9.17) is 5.73 Å². The molecule has 0 saturated heterocycles. The number of nitrogens with one attached hydrogen (secondary N) is 1. The van der Waals surface area contributed by atoms with Gasteiger partial charge in [-0.2, -0.15) is 11.8 Å². The second-order valence-corrected chi connectivity index (χ2v) is 5.66. The zero-order valence-electron chi connectivity index (χ0n) is 11.8. The molecule has 4 heteroatoms. The van der Waals surface area contributed by atoms with Gasteiger partial charge in [0.1, 0.15) is 0 Å². The maximum absolute atomic E-state index is 11.8. The van der Waals surface area contributed by atoms with Gasteiger partial charge >= 0.3 is 0 Å². The van der Waals surface area contributed by atoms with Crippen molar-refractivity contribution in [2.24, 2.45) is 5.73 Å². The van der Waals surface area contributed by atoms with Crippen LogP contribution in [0, 0.1) is 0 Å². The van der Waals surface area contributed by atoms with E-state index in [1.807, 2.05) is 18.4 Å². The number of carbonyl (C=O) groups is 1. The number of nitrogens with two attached hydrogens (primary N) is 1. The monoisotopic (exact) mass is 280 g/mol. The van der Waals surface area contributed by atoms with Gasteiger partial charge in [-0.3, -0.25) is 4.79 Å². The van der Waals surface area contributed by atoms with Crippen molar-refractivity contribution in [1.82, 2.24) is 0 Å². The van der Waals surface area contributed by atoms with Gasteiger partial charge in [-0.05, 0) is 49.0 Å². The lowest BCUT2D eigenvalue weighted by Gasteiger charge is -2.12. The van der Waals surface area contributed by atoms with Crippen LogP contribution in [-0.2, 0) is 11.2 Å². The molecular formula is C15H24N2OS. The first kappa shape index (κ1) is 16.1. The molecule has 1 aromatic carbocycles. The number of hydrogen-bond acceptors (Lipinski definition) is 3. The van der Waals surface area contributed by atoms with Crippen LogP contribution < -0.4 is 11.1 Å². The Labute approximate surface area is 120 Å². The van der Waals surface area contributed by atoms with Crippen LogP contribution in [0.2, 0.25) is 0 Å². The first-order valence-electron chi connectivity index (χ1n) is 6.81. The molecule has 0 spiro atoms. The average Bonchev–Trinajstić information content (AvgIpc) is 2.43. The van der Waals surface area contributed by atoms with Crippen LogP contribution in [0.15, 0.2) is 24.3 Å². The lowest BCUT2D eigenvalue weighted by atomic mass is 10.1. The van der Waals surface area contributed by atoms with E-state index in [1.54, 1.807) is 11.8 Å². The average molecular weight is 280 g/mol. The first-order valence-corrected chi connectivity index (χ1v) is 8.21. The van der Waals surface area contributed by atoms with Gasteiger partial charge in [0.05, 0.1) is 6.04 Å². The van der Waals surface area contributed by atoms with Crippen molar-refractivity contribution in [3.05, 3.63) is 29.8 Å². The summed E-state index contributed by atoms with van der Waals surface area (Å²) < 4.78 is 0. The van der Waals surface area contributed by atoms with E-state index in [-0.39, 0.29) is 5.91 Å². The number of rotatable bonds is 8. The summed E-state index contributed by atoms with van der Waals surface area (Å²) in [6, 6.07) is 7.61. The Hall–Kier alpha value is -1.00. The van der Waals surface area contributed by atoms with Crippen LogP contribution in [0.4, 0.5) is 5.69 Å². The van der Waals surface area contributed by atoms with Crippen LogP contribution >= 0.6 is 11.8 Å². The molecule has 0 aliphatic rings. The molecular weight excluding hydrogens is 256 g/mol. The summed E-state index contributed by atoms with van der Waals surface area (Å²) in [5.41, 5.74) is 7.96. The van der Waals surface area contributed by atoms with Crippen LogP contribution in [0.3, 0.4) is 0 Å². The summed E-state index contributed by atoms with van der Waals surface area (Å²) in [4.78, 5) is 11.8. The Morgan fingerprint density at radius 3 is 2.63 bits per heavy atom. The van der Waals surface area contributed by atoms with E-state index >= 15 is 0 Å². The third-order valence-corrected chi connectivity index (χ3v) is 3.65. The normalized spacial score (nSPS) is 12.2. The molecule has 1 aromatic rings. The second kappa shape index (κ2) is 8.99. The van der Waals surface area contributed by atoms with Crippen molar-refractivity contribution in [3.8, 4) is 0 Å². The van der Waals surface area contributed by atoms with Crippen molar-refractivity contribution in [2.45, 2.75) is 38.6 Å². The number of aryl methyl sites for hydroxylation is 1. The quantitative estimate of drug-likeness (QED) is 0.769. The molecule has 1 atom stereocenters. The summed E-state index contributed by atoms with van der Waals surface area (Å²) in [6.07, 6.45) is 6.22. The van der Waals surface area contributed by atoms with E-state index in [1.165, 1.54) is 18.4 Å². The maximum atomic E-state index is 11.8. The van der Waals surface area contributed by atoms with E-state index < -0.39 is 6.04 Å². The number of hydrogen-bond donors (Lipinski definition) is 2. The standard InChI is InChI=1S/C15H24N2OS/c1-3-4-5-12-6-8-13(9-7-12)17-15(18)14(16)10-11-19-2/h6-9,14H,3-5,10-11,16H2,1-2H3,(H,17,18)/t14-/m0/s1. The fourth-order valence-electron chi connectivity index (χ4n) is 1.75. The minimum atomic E-state index is -0.424. The van der Waals surface area contributed by atoms with Crippen LogP contribution in [-0.4, -0.2) is 24.0 Å². The highest BCUT2D eigenvalue weighted by atomic mass is 32.2. The summed E-state index contributed by atoms with van der Waals surface area (Å²) >= 11 is 1.70. The van der Waals surface area contributed by atoms with Gasteiger partial charge < -0.3 is 11.1 Å². The predicted molar refractivity (Wildman–Crippen MR) is 84.7 cm³/mol. The number of carbonyl (C=O) groups excluding carboxylic acids is 1. The highest BCUT2D eigenvalue weighted by Crippen LogP contribution is 2.12. The molecule has 0 aliphatic carbocycles. The third-order valence-electron chi connectivity index (χ3n) is 3.01. The van der Waals surface area contributed by atoms with Gasteiger partial charge in [-0.25, -0.2) is 0 Å². The van der Waals surface area contributed by atoms with Gasteiger partial charge in [0.2, 0.25) is 5.91 Å². The third kappa shape index (κ3) is 6.12. The SMILES string of the molecule is CCCCc1ccc(NC(=O)[C@@H](N)CCSC)cc1. The minimum Gasteiger partial charge on any atom is -0.325 e. The van der Waals surface area contributed by atoms with E-state index in [0.717, 1.165) is 17.9 Å².